The standard InChI is InChI=1S/C23H28FN3O2/c1-15-4-7-18(11-21(15)24)27-22-12-19(17-5-6-17)20(14-25-22)23(28)26-13-16-3-2-9-29-10-8-16/h4,7,11-12,14,16-17H,2-3,5-6,8-10,13H2,1H3,(H,25,27)(H,26,28). The number of aromatic nitrogens is 1. The minimum Gasteiger partial charge on any atom is -0.381 e. The van der Waals surface area contributed by atoms with Crippen LogP contribution in [0.5, 0.6) is 0 Å². The highest BCUT2D eigenvalue weighted by Crippen LogP contribution is 2.42. The second-order valence-corrected chi connectivity index (χ2v) is 8.14. The molecule has 4 rings (SSSR count). The first-order chi connectivity index (χ1) is 14.1. The van der Waals surface area contributed by atoms with Gasteiger partial charge in [0.25, 0.3) is 5.91 Å². The van der Waals surface area contributed by atoms with Gasteiger partial charge in [-0.2, -0.15) is 0 Å². The normalized spacial score (nSPS) is 19.4. The van der Waals surface area contributed by atoms with E-state index in [0.717, 1.165) is 50.9 Å². The molecule has 154 valence electrons. The fourth-order valence-electron chi connectivity index (χ4n) is 3.79. The molecular weight excluding hydrogens is 369 g/mol. The van der Waals surface area contributed by atoms with E-state index in [0.29, 0.717) is 41.0 Å². The Labute approximate surface area is 171 Å². The zero-order chi connectivity index (χ0) is 20.2. The Morgan fingerprint density at radius 1 is 1.21 bits per heavy atom. The molecule has 2 aliphatic rings. The molecule has 1 atom stereocenters. The molecule has 2 N–H and O–H groups in total. The van der Waals surface area contributed by atoms with Crippen molar-refractivity contribution in [2.45, 2.75) is 44.9 Å². The molecule has 0 bridgehead atoms. The molecule has 1 amide bonds. The highest BCUT2D eigenvalue weighted by atomic mass is 19.1. The van der Waals surface area contributed by atoms with Crippen LogP contribution in [-0.4, -0.2) is 30.6 Å². The topological polar surface area (TPSA) is 63.2 Å². The van der Waals surface area contributed by atoms with E-state index in [1.165, 1.54) is 6.07 Å². The maximum Gasteiger partial charge on any atom is 0.253 e. The first-order valence-electron chi connectivity index (χ1n) is 10.5. The number of anilines is 2. The molecule has 1 unspecified atom stereocenters. The van der Waals surface area contributed by atoms with Gasteiger partial charge in [0.1, 0.15) is 11.6 Å². The van der Waals surface area contributed by atoms with Crippen molar-refractivity contribution in [3.8, 4) is 0 Å². The van der Waals surface area contributed by atoms with Crippen molar-refractivity contribution in [2.24, 2.45) is 5.92 Å². The van der Waals surface area contributed by atoms with Crippen molar-refractivity contribution < 1.29 is 13.9 Å². The summed E-state index contributed by atoms with van der Waals surface area (Å²) in [5.41, 5.74) is 2.93. The average Bonchev–Trinajstić information content (AvgIpc) is 3.56. The summed E-state index contributed by atoms with van der Waals surface area (Å²) in [5.74, 6) is 1.19. The SMILES string of the molecule is Cc1ccc(Nc2cc(C3CC3)c(C(=O)NCC3CCCOCC3)cn2)cc1F. The summed E-state index contributed by atoms with van der Waals surface area (Å²) in [6.07, 6.45) is 6.95. The van der Waals surface area contributed by atoms with Crippen molar-refractivity contribution in [1.82, 2.24) is 10.3 Å². The molecule has 2 fully saturated rings. The Morgan fingerprint density at radius 2 is 2.07 bits per heavy atom. The van der Waals surface area contributed by atoms with Gasteiger partial charge in [-0.25, -0.2) is 9.37 Å². The molecule has 1 aliphatic heterocycles. The number of halogens is 1. The fraction of sp³-hybridized carbons (Fsp3) is 0.478. The van der Waals surface area contributed by atoms with Crippen molar-refractivity contribution >= 4 is 17.4 Å². The number of rotatable bonds is 6. The van der Waals surface area contributed by atoms with Crippen molar-refractivity contribution in [1.29, 1.82) is 0 Å². The average molecular weight is 397 g/mol. The van der Waals surface area contributed by atoms with Gasteiger partial charge in [0, 0.05) is 31.6 Å². The summed E-state index contributed by atoms with van der Waals surface area (Å²) in [7, 11) is 0. The van der Waals surface area contributed by atoms with E-state index in [1.54, 1.807) is 19.2 Å². The van der Waals surface area contributed by atoms with Crippen molar-refractivity contribution in [2.75, 3.05) is 25.1 Å². The third kappa shape index (κ3) is 5.12. The van der Waals surface area contributed by atoms with Crippen LogP contribution in [-0.2, 0) is 4.74 Å². The van der Waals surface area contributed by atoms with E-state index in [9.17, 15) is 9.18 Å². The molecule has 0 radical (unpaired) electrons. The third-order valence-electron chi connectivity index (χ3n) is 5.76. The van der Waals surface area contributed by atoms with Gasteiger partial charge in [0.05, 0.1) is 5.56 Å². The number of hydrogen-bond donors (Lipinski definition) is 2. The monoisotopic (exact) mass is 397 g/mol. The maximum absolute atomic E-state index is 13.8. The first-order valence-corrected chi connectivity index (χ1v) is 10.5. The first kappa shape index (κ1) is 19.8. The van der Waals surface area contributed by atoms with Gasteiger partial charge in [0.2, 0.25) is 0 Å². The summed E-state index contributed by atoms with van der Waals surface area (Å²) in [4.78, 5) is 17.2. The molecule has 29 heavy (non-hydrogen) atoms. The van der Waals surface area contributed by atoms with Crippen molar-refractivity contribution in [3.05, 3.63) is 53.0 Å². The lowest BCUT2D eigenvalue weighted by atomic mass is 10.00. The van der Waals surface area contributed by atoms with Gasteiger partial charge < -0.3 is 15.4 Å². The lowest BCUT2D eigenvalue weighted by Crippen LogP contribution is -2.30. The molecule has 1 saturated heterocycles. The van der Waals surface area contributed by atoms with E-state index < -0.39 is 0 Å². The number of benzene rings is 1. The van der Waals surface area contributed by atoms with Gasteiger partial charge in [-0.15, -0.1) is 0 Å². The van der Waals surface area contributed by atoms with Crippen LogP contribution < -0.4 is 10.6 Å². The molecule has 2 aromatic rings. The van der Waals surface area contributed by atoms with Gasteiger partial charge in [-0.1, -0.05) is 6.07 Å². The van der Waals surface area contributed by atoms with Crippen LogP contribution in [0.2, 0.25) is 0 Å². The van der Waals surface area contributed by atoms with E-state index in [1.807, 2.05) is 12.1 Å². The minimum atomic E-state index is -0.252. The van der Waals surface area contributed by atoms with Crippen molar-refractivity contribution in [3.63, 3.8) is 0 Å². The molecule has 1 saturated carbocycles. The number of nitrogens with one attached hydrogen (secondary N) is 2. The van der Waals surface area contributed by atoms with Crippen LogP contribution in [0.15, 0.2) is 30.5 Å². The van der Waals surface area contributed by atoms with Crippen LogP contribution >= 0.6 is 0 Å². The number of carbonyl (C=O) groups is 1. The predicted octanol–water partition coefficient (Wildman–Crippen LogP) is 4.70. The Bertz CT molecular complexity index is 874. The smallest absolute Gasteiger partial charge is 0.253 e. The van der Waals surface area contributed by atoms with E-state index in [4.69, 9.17) is 4.74 Å². The lowest BCUT2D eigenvalue weighted by molar-refractivity contribution is 0.0942. The van der Waals surface area contributed by atoms with Gasteiger partial charge in [-0.3, -0.25) is 4.79 Å². The van der Waals surface area contributed by atoms with E-state index in [2.05, 4.69) is 15.6 Å². The number of aryl methyl sites for hydroxylation is 1. The van der Waals surface area contributed by atoms with Crippen LogP contribution in [0.3, 0.4) is 0 Å². The van der Waals surface area contributed by atoms with Gasteiger partial charge in [0.15, 0.2) is 0 Å². The number of nitrogens with zero attached hydrogens (tertiary/aromatic N) is 1. The Balaban J connectivity index is 1.45. The third-order valence-corrected chi connectivity index (χ3v) is 5.76. The second kappa shape index (κ2) is 8.91. The van der Waals surface area contributed by atoms with E-state index in [-0.39, 0.29) is 11.7 Å². The highest BCUT2D eigenvalue weighted by Gasteiger charge is 2.29. The predicted molar refractivity (Wildman–Crippen MR) is 111 cm³/mol. The fourth-order valence-corrected chi connectivity index (χ4v) is 3.79. The number of carbonyl (C=O) groups excluding carboxylic acids is 1. The van der Waals surface area contributed by atoms with Crippen LogP contribution in [0.1, 0.15) is 59.5 Å². The van der Waals surface area contributed by atoms with Gasteiger partial charge >= 0.3 is 0 Å². The molecule has 0 spiro atoms. The largest absolute Gasteiger partial charge is 0.381 e. The summed E-state index contributed by atoms with van der Waals surface area (Å²) >= 11 is 0. The zero-order valence-corrected chi connectivity index (χ0v) is 16.8. The number of amides is 1. The second-order valence-electron chi connectivity index (χ2n) is 8.14. The minimum absolute atomic E-state index is 0.0579. The summed E-state index contributed by atoms with van der Waals surface area (Å²) < 4.78 is 19.3. The Hall–Kier alpha value is -2.47. The molecule has 1 aromatic heterocycles. The lowest BCUT2D eigenvalue weighted by Gasteiger charge is -2.16. The summed E-state index contributed by atoms with van der Waals surface area (Å²) in [6, 6.07) is 6.96. The summed E-state index contributed by atoms with van der Waals surface area (Å²) in [5, 5.41) is 6.25. The summed E-state index contributed by atoms with van der Waals surface area (Å²) in [6.45, 7) is 4.00. The van der Waals surface area contributed by atoms with Crippen LogP contribution in [0.25, 0.3) is 0 Å². The maximum atomic E-state index is 13.8. The van der Waals surface area contributed by atoms with Crippen LogP contribution in [0, 0.1) is 18.7 Å². The highest BCUT2D eigenvalue weighted by molar-refractivity contribution is 5.96. The van der Waals surface area contributed by atoms with Gasteiger partial charge in [-0.05, 0) is 80.2 Å². The molecule has 2 heterocycles. The number of hydrogen-bond acceptors (Lipinski definition) is 4. The zero-order valence-electron chi connectivity index (χ0n) is 16.8. The molecule has 1 aromatic carbocycles. The number of ether oxygens (including phenoxy) is 1. The molecular formula is C23H28FN3O2. The number of pyridine rings is 1. The molecule has 1 aliphatic carbocycles. The van der Waals surface area contributed by atoms with Crippen LogP contribution in [0.4, 0.5) is 15.9 Å². The Kier molecular flexibility index (Phi) is 6.09. The molecule has 5 nitrogen and oxygen atoms in total. The quantitative estimate of drug-likeness (QED) is 0.742. The Morgan fingerprint density at radius 3 is 2.86 bits per heavy atom. The molecule has 6 heteroatoms. The van der Waals surface area contributed by atoms with E-state index >= 15 is 0 Å².